The molecule has 1 N–H and O–H groups in total. The minimum Gasteiger partial charge on any atom is -0.321 e. The fourth-order valence-corrected chi connectivity index (χ4v) is 2.33. The maximum atomic E-state index is 12.0. The zero-order valence-corrected chi connectivity index (χ0v) is 12.2. The minimum atomic E-state index is -0.248. The van der Waals surface area contributed by atoms with E-state index in [1.165, 1.54) is 0 Å². The van der Waals surface area contributed by atoms with Crippen LogP contribution in [0, 0.1) is 0 Å². The average molecular weight is 345 g/mol. The molecule has 0 aromatic heterocycles. The number of rotatable bonds is 2. The Balaban J connectivity index is 2.21. The molecule has 0 heterocycles. The second-order valence-electron chi connectivity index (χ2n) is 3.59. The quantitative estimate of drug-likeness (QED) is 0.815. The van der Waals surface area contributed by atoms with Crippen molar-refractivity contribution in [2.75, 3.05) is 5.32 Å². The van der Waals surface area contributed by atoms with Gasteiger partial charge in [0.25, 0.3) is 5.91 Å². The van der Waals surface area contributed by atoms with E-state index in [0.717, 1.165) is 4.47 Å². The number of halogens is 3. The molecular weight excluding hydrogens is 337 g/mol. The minimum absolute atomic E-state index is 0.248. The van der Waals surface area contributed by atoms with Crippen molar-refractivity contribution in [2.45, 2.75) is 0 Å². The predicted octanol–water partition coefficient (Wildman–Crippen LogP) is 5.01. The molecule has 0 saturated carbocycles. The molecule has 0 atom stereocenters. The van der Waals surface area contributed by atoms with Crippen molar-refractivity contribution >= 4 is 50.7 Å². The van der Waals surface area contributed by atoms with E-state index in [1.54, 1.807) is 42.5 Å². The van der Waals surface area contributed by atoms with Crippen LogP contribution in [0.1, 0.15) is 10.4 Å². The lowest BCUT2D eigenvalue weighted by molar-refractivity contribution is 0.102. The summed E-state index contributed by atoms with van der Waals surface area (Å²) in [7, 11) is 0. The highest BCUT2D eigenvalue weighted by Gasteiger charge is 2.08. The number of carbonyl (C=O) groups is 1. The smallest absolute Gasteiger partial charge is 0.255 e. The van der Waals surface area contributed by atoms with Gasteiger partial charge < -0.3 is 5.32 Å². The summed E-state index contributed by atoms with van der Waals surface area (Å²) in [6, 6.07) is 12.0. The Morgan fingerprint density at radius 2 is 1.89 bits per heavy atom. The van der Waals surface area contributed by atoms with Crippen molar-refractivity contribution in [3.8, 4) is 0 Å². The van der Waals surface area contributed by atoms with Gasteiger partial charge in [-0.1, -0.05) is 45.2 Å². The van der Waals surface area contributed by atoms with Crippen LogP contribution < -0.4 is 5.32 Å². The van der Waals surface area contributed by atoms with Crippen LogP contribution in [0.4, 0.5) is 5.69 Å². The lowest BCUT2D eigenvalue weighted by atomic mass is 10.2. The van der Waals surface area contributed by atoms with Crippen molar-refractivity contribution in [3.05, 3.63) is 62.5 Å². The van der Waals surface area contributed by atoms with Gasteiger partial charge >= 0.3 is 0 Å². The van der Waals surface area contributed by atoms with Gasteiger partial charge in [0.15, 0.2) is 0 Å². The Labute approximate surface area is 123 Å². The first kappa shape index (κ1) is 13.4. The molecule has 2 nitrogen and oxygen atoms in total. The van der Waals surface area contributed by atoms with Crippen LogP contribution in [0.25, 0.3) is 0 Å². The summed E-state index contributed by atoms with van der Waals surface area (Å²) in [6.45, 7) is 0. The molecule has 0 aliphatic carbocycles. The van der Waals surface area contributed by atoms with Crippen molar-refractivity contribution in [1.29, 1.82) is 0 Å². The highest BCUT2D eigenvalue weighted by molar-refractivity contribution is 9.10. The first-order chi connectivity index (χ1) is 8.56. The maximum Gasteiger partial charge on any atom is 0.255 e. The van der Waals surface area contributed by atoms with E-state index in [9.17, 15) is 4.79 Å². The highest BCUT2D eigenvalue weighted by atomic mass is 79.9. The van der Waals surface area contributed by atoms with E-state index < -0.39 is 0 Å². The predicted molar refractivity (Wildman–Crippen MR) is 78.6 cm³/mol. The summed E-state index contributed by atoms with van der Waals surface area (Å²) < 4.78 is 0.855. The van der Waals surface area contributed by atoms with Crippen LogP contribution in [-0.4, -0.2) is 5.91 Å². The Bertz CT molecular complexity index is 601. The van der Waals surface area contributed by atoms with Crippen molar-refractivity contribution in [3.63, 3.8) is 0 Å². The SMILES string of the molecule is O=C(Nc1ccc(Br)cc1Cl)c1cccc(Cl)c1. The molecule has 0 unspecified atom stereocenters. The fraction of sp³-hybridized carbons (Fsp3) is 0. The summed E-state index contributed by atoms with van der Waals surface area (Å²) in [5.74, 6) is -0.248. The molecule has 5 heteroatoms. The molecule has 2 aromatic carbocycles. The van der Waals surface area contributed by atoms with Crippen LogP contribution in [0.3, 0.4) is 0 Å². The summed E-state index contributed by atoms with van der Waals surface area (Å²) in [6.07, 6.45) is 0. The molecule has 0 spiro atoms. The van der Waals surface area contributed by atoms with Crippen LogP contribution in [-0.2, 0) is 0 Å². The third kappa shape index (κ3) is 3.25. The van der Waals surface area contributed by atoms with Crippen LogP contribution in [0.5, 0.6) is 0 Å². The number of nitrogens with one attached hydrogen (secondary N) is 1. The van der Waals surface area contributed by atoms with Crippen LogP contribution in [0.15, 0.2) is 46.9 Å². The van der Waals surface area contributed by atoms with E-state index in [0.29, 0.717) is 21.3 Å². The number of benzene rings is 2. The van der Waals surface area contributed by atoms with E-state index in [2.05, 4.69) is 21.2 Å². The monoisotopic (exact) mass is 343 g/mol. The van der Waals surface area contributed by atoms with Gasteiger partial charge in [-0.2, -0.15) is 0 Å². The Morgan fingerprint density at radius 1 is 1.11 bits per heavy atom. The number of carbonyl (C=O) groups excluding carboxylic acids is 1. The lowest BCUT2D eigenvalue weighted by Crippen LogP contribution is -2.12. The molecular formula is C13H8BrCl2NO. The molecule has 1 amide bonds. The van der Waals surface area contributed by atoms with Gasteiger partial charge in [-0.15, -0.1) is 0 Å². The van der Waals surface area contributed by atoms with Gasteiger partial charge in [0.1, 0.15) is 0 Å². The molecule has 2 aromatic rings. The molecule has 0 aliphatic rings. The van der Waals surface area contributed by atoms with Gasteiger partial charge in [-0.25, -0.2) is 0 Å². The summed E-state index contributed by atoms with van der Waals surface area (Å²) in [5.41, 5.74) is 1.05. The molecule has 18 heavy (non-hydrogen) atoms. The maximum absolute atomic E-state index is 12.0. The summed E-state index contributed by atoms with van der Waals surface area (Å²) >= 11 is 15.2. The highest BCUT2D eigenvalue weighted by Crippen LogP contribution is 2.26. The Hall–Kier alpha value is -1.03. The molecule has 0 fully saturated rings. The Morgan fingerprint density at radius 3 is 2.56 bits per heavy atom. The van der Waals surface area contributed by atoms with Crippen LogP contribution in [0.2, 0.25) is 10.0 Å². The first-order valence-corrected chi connectivity index (χ1v) is 6.63. The third-order valence-electron chi connectivity index (χ3n) is 2.27. The number of amides is 1. The third-order valence-corrected chi connectivity index (χ3v) is 3.31. The molecule has 92 valence electrons. The second kappa shape index (κ2) is 5.74. The molecule has 0 saturated heterocycles. The van der Waals surface area contributed by atoms with E-state index in [4.69, 9.17) is 23.2 Å². The van der Waals surface area contributed by atoms with Crippen molar-refractivity contribution < 1.29 is 4.79 Å². The van der Waals surface area contributed by atoms with Gasteiger partial charge in [-0.3, -0.25) is 4.79 Å². The fourth-order valence-electron chi connectivity index (χ4n) is 1.42. The average Bonchev–Trinajstić information content (AvgIpc) is 2.32. The van der Waals surface area contributed by atoms with Gasteiger partial charge in [-0.05, 0) is 36.4 Å². The van der Waals surface area contributed by atoms with Gasteiger partial charge in [0, 0.05) is 15.1 Å². The normalized spacial score (nSPS) is 10.2. The topological polar surface area (TPSA) is 29.1 Å². The largest absolute Gasteiger partial charge is 0.321 e. The lowest BCUT2D eigenvalue weighted by Gasteiger charge is -2.07. The van der Waals surface area contributed by atoms with E-state index in [1.807, 2.05) is 0 Å². The zero-order valence-electron chi connectivity index (χ0n) is 9.08. The summed E-state index contributed by atoms with van der Waals surface area (Å²) in [4.78, 5) is 12.0. The number of hydrogen-bond donors (Lipinski definition) is 1. The van der Waals surface area contributed by atoms with Crippen molar-refractivity contribution in [2.24, 2.45) is 0 Å². The number of hydrogen-bond acceptors (Lipinski definition) is 1. The second-order valence-corrected chi connectivity index (χ2v) is 5.35. The molecule has 0 aliphatic heterocycles. The molecule has 0 radical (unpaired) electrons. The number of anilines is 1. The van der Waals surface area contributed by atoms with E-state index >= 15 is 0 Å². The summed E-state index contributed by atoms with van der Waals surface area (Å²) in [5, 5.41) is 3.72. The van der Waals surface area contributed by atoms with Gasteiger partial charge in [0.05, 0.1) is 10.7 Å². The Kier molecular flexibility index (Phi) is 4.27. The van der Waals surface area contributed by atoms with Gasteiger partial charge in [0.2, 0.25) is 0 Å². The van der Waals surface area contributed by atoms with Crippen molar-refractivity contribution in [1.82, 2.24) is 0 Å². The molecule has 2 rings (SSSR count). The standard InChI is InChI=1S/C13H8BrCl2NO/c14-9-4-5-12(11(16)7-9)17-13(18)8-2-1-3-10(15)6-8/h1-7H,(H,17,18). The molecule has 0 bridgehead atoms. The zero-order chi connectivity index (χ0) is 13.1. The van der Waals surface area contributed by atoms with E-state index in [-0.39, 0.29) is 5.91 Å². The van der Waals surface area contributed by atoms with Crippen LogP contribution >= 0.6 is 39.1 Å². The first-order valence-electron chi connectivity index (χ1n) is 5.08.